The molecule has 0 aliphatic heterocycles. The van der Waals surface area contributed by atoms with Gasteiger partial charge in [-0.2, -0.15) is 5.10 Å². The number of benzene rings is 1. The average molecular weight is 286 g/mol. The first kappa shape index (κ1) is 12.3. The van der Waals surface area contributed by atoms with Gasteiger partial charge in [0.1, 0.15) is 0 Å². The first-order valence-corrected chi connectivity index (χ1v) is 6.33. The fourth-order valence-electron chi connectivity index (χ4n) is 0.914. The monoisotopic (exact) mass is 285 g/mol. The normalized spacial score (nSPS) is 13.0. The van der Waals surface area contributed by atoms with Crippen LogP contribution in [0, 0.1) is 0 Å². The van der Waals surface area contributed by atoms with Crippen LogP contribution in [0.4, 0.5) is 0 Å². The molecule has 1 rings (SSSR count). The van der Waals surface area contributed by atoms with Crippen LogP contribution in [0.25, 0.3) is 0 Å². The van der Waals surface area contributed by atoms with E-state index in [0.29, 0.717) is 5.17 Å². The van der Waals surface area contributed by atoms with Gasteiger partial charge < -0.3 is 5.73 Å². The van der Waals surface area contributed by atoms with Crippen LogP contribution in [0.15, 0.2) is 38.9 Å². The Bertz CT molecular complexity index is 384. The van der Waals surface area contributed by atoms with Gasteiger partial charge in [0.25, 0.3) is 0 Å². The van der Waals surface area contributed by atoms with Crippen LogP contribution < -0.4 is 5.73 Å². The van der Waals surface area contributed by atoms with Crippen molar-refractivity contribution >= 4 is 38.6 Å². The van der Waals surface area contributed by atoms with E-state index in [1.54, 1.807) is 0 Å². The molecular weight excluding hydrogens is 274 g/mol. The van der Waals surface area contributed by atoms with E-state index in [-0.39, 0.29) is 0 Å². The Balaban J connectivity index is 2.85. The second-order valence-electron chi connectivity index (χ2n) is 2.83. The van der Waals surface area contributed by atoms with E-state index in [1.807, 2.05) is 37.4 Å². The Morgan fingerprint density at radius 2 is 1.87 bits per heavy atom. The lowest BCUT2D eigenvalue weighted by Gasteiger charge is -1.98. The van der Waals surface area contributed by atoms with Gasteiger partial charge in [0.05, 0.1) is 5.71 Å². The molecule has 0 aromatic heterocycles. The van der Waals surface area contributed by atoms with E-state index in [0.717, 1.165) is 15.7 Å². The highest BCUT2D eigenvalue weighted by atomic mass is 79.9. The molecule has 0 heterocycles. The van der Waals surface area contributed by atoms with Gasteiger partial charge in [-0.15, -0.1) is 5.10 Å². The van der Waals surface area contributed by atoms with Crippen LogP contribution in [0.5, 0.6) is 0 Å². The number of nitrogens with two attached hydrogens (primary N) is 1. The first-order valence-electron chi connectivity index (χ1n) is 4.31. The number of rotatable bonds is 2. The number of nitrogens with zero attached hydrogens (tertiary/aromatic N) is 2. The van der Waals surface area contributed by atoms with E-state index >= 15 is 0 Å². The van der Waals surface area contributed by atoms with Gasteiger partial charge in [0, 0.05) is 4.47 Å². The maximum atomic E-state index is 5.52. The molecule has 0 spiro atoms. The molecule has 5 heteroatoms. The van der Waals surface area contributed by atoms with Gasteiger partial charge in [-0.25, -0.2) is 0 Å². The van der Waals surface area contributed by atoms with Gasteiger partial charge in [-0.3, -0.25) is 0 Å². The van der Waals surface area contributed by atoms with Crippen LogP contribution >= 0.6 is 27.7 Å². The quantitative estimate of drug-likeness (QED) is 0.516. The zero-order chi connectivity index (χ0) is 11.3. The molecule has 1 aromatic rings. The maximum absolute atomic E-state index is 5.52. The topological polar surface area (TPSA) is 50.7 Å². The summed E-state index contributed by atoms with van der Waals surface area (Å²) >= 11 is 4.75. The summed E-state index contributed by atoms with van der Waals surface area (Å²) in [5, 5.41) is 8.38. The molecule has 3 nitrogen and oxygen atoms in total. The molecule has 1 aromatic carbocycles. The van der Waals surface area contributed by atoms with E-state index in [1.165, 1.54) is 11.8 Å². The molecule has 80 valence electrons. The summed E-state index contributed by atoms with van der Waals surface area (Å²) in [6.07, 6.45) is 1.86. The van der Waals surface area contributed by atoms with E-state index in [4.69, 9.17) is 5.73 Å². The number of thioether (sulfide) groups is 1. The minimum Gasteiger partial charge on any atom is -0.377 e. The van der Waals surface area contributed by atoms with Crippen molar-refractivity contribution in [2.24, 2.45) is 15.9 Å². The van der Waals surface area contributed by atoms with Crippen molar-refractivity contribution in [1.82, 2.24) is 0 Å². The molecule has 0 amide bonds. The summed E-state index contributed by atoms with van der Waals surface area (Å²) in [5.74, 6) is 0. The third-order valence-electron chi connectivity index (χ3n) is 1.77. The number of amidine groups is 1. The predicted molar refractivity (Wildman–Crippen MR) is 71.5 cm³/mol. The molecule has 0 saturated carbocycles. The minimum atomic E-state index is 0.464. The molecule has 15 heavy (non-hydrogen) atoms. The highest BCUT2D eigenvalue weighted by Crippen LogP contribution is 2.11. The van der Waals surface area contributed by atoms with Gasteiger partial charge in [-0.05, 0) is 30.9 Å². The second-order valence-corrected chi connectivity index (χ2v) is 4.58. The van der Waals surface area contributed by atoms with Crippen molar-refractivity contribution in [3.8, 4) is 0 Å². The van der Waals surface area contributed by atoms with Crippen LogP contribution in [-0.4, -0.2) is 17.1 Å². The van der Waals surface area contributed by atoms with Gasteiger partial charge in [-0.1, -0.05) is 39.8 Å². The Labute approximate surface area is 102 Å². The van der Waals surface area contributed by atoms with E-state index in [9.17, 15) is 0 Å². The fraction of sp³-hybridized carbons (Fsp3) is 0.200. The van der Waals surface area contributed by atoms with Crippen molar-refractivity contribution in [3.63, 3.8) is 0 Å². The lowest BCUT2D eigenvalue weighted by molar-refractivity contribution is 1.23. The first-order chi connectivity index (χ1) is 7.13. The maximum Gasteiger partial charge on any atom is 0.180 e. The number of hydrogen-bond donors (Lipinski definition) is 1. The molecule has 0 fully saturated rings. The summed E-state index contributed by atoms with van der Waals surface area (Å²) in [5.41, 5.74) is 7.41. The lowest BCUT2D eigenvalue weighted by atomic mass is 10.1. The molecule has 0 aliphatic carbocycles. The van der Waals surface area contributed by atoms with Gasteiger partial charge in [0.2, 0.25) is 0 Å². The molecule has 0 saturated heterocycles. The fourth-order valence-corrected chi connectivity index (χ4v) is 1.30. The zero-order valence-corrected chi connectivity index (χ0v) is 11.0. The molecule has 0 unspecified atom stereocenters. The summed E-state index contributed by atoms with van der Waals surface area (Å²) in [7, 11) is 0. The number of halogens is 1. The summed E-state index contributed by atoms with van der Waals surface area (Å²) in [6, 6.07) is 7.90. The van der Waals surface area contributed by atoms with Gasteiger partial charge >= 0.3 is 0 Å². The summed E-state index contributed by atoms with van der Waals surface area (Å²) in [6.45, 7) is 1.90. The zero-order valence-electron chi connectivity index (χ0n) is 8.57. The molecular formula is C10H12BrN3S. The van der Waals surface area contributed by atoms with Crippen LogP contribution in [0.1, 0.15) is 12.5 Å². The predicted octanol–water partition coefficient (Wildman–Crippen LogP) is 2.85. The minimum absolute atomic E-state index is 0.464. The van der Waals surface area contributed by atoms with Crippen molar-refractivity contribution in [3.05, 3.63) is 34.3 Å². The molecule has 0 aliphatic rings. The average Bonchev–Trinajstić information content (AvgIpc) is 2.26. The van der Waals surface area contributed by atoms with E-state index < -0.39 is 0 Å². The van der Waals surface area contributed by atoms with Crippen molar-refractivity contribution in [2.45, 2.75) is 6.92 Å². The largest absolute Gasteiger partial charge is 0.377 e. The summed E-state index contributed by atoms with van der Waals surface area (Å²) in [4.78, 5) is 0. The van der Waals surface area contributed by atoms with Crippen LogP contribution in [-0.2, 0) is 0 Å². The SMILES string of the molecule is CS/C(N)=N/N=C(/C)c1ccc(Br)cc1. The number of hydrogen-bond acceptors (Lipinski definition) is 3. The van der Waals surface area contributed by atoms with Crippen molar-refractivity contribution < 1.29 is 0 Å². The van der Waals surface area contributed by atoms with Crippen LogP contribution in [0.2, 0.25) is 0 Å². The van der Waals surface area contributed by atoms with Crippen molar-refractivity contribution in [2.75, 3.05) is 6.26 Å². The Hall–Kier alpha value is -0.810. The highest BCUT2D eigenvalue weighted by Gasteiger charge is 1.96. The molecule has 0 radical (unpaired) electrons. The summed E-state index contributed by atoms with van der Waals surface area (Å²) < 4.78 is 1.05. The Morgan fingerprint density at radius 3 is 2.40 bits per heavy atom. The van der Waals surface area contributed by atoms with Crippen molar-refractivity contribution in [1.29, 1.82) is 0 Å². The third kappa shape index (κ3) is 4.05. The Kier molecular flexibility index (Phi) is 4.84. The standard InChI is InChI=1S/C10H12BrN3S/c1-7(13-14-10(12)15-2)8-3-5-9(11)6-4-8/h3-6H,1-2H3,(H2,12,14)/b13-7-. The highest BCUT2D eigenvalue weighted by molar-refractivity contribution is 9.10. The molecule has 0 atom stereocenters. The van der Waals surface area contributed by atoms with Crippen LogP contribution in [0.3, 0.4) is 0 Å². The smallest absolute Gasteiger partial charge is 0.180 e. The van der Waals surface area contributed by atoms with Gasteiger partial charge in [0.15, 0.2) is 5.17 Å². The lowest BCUT2D eigenvalue weighted by Crippen LogP contribution is -2.05. The third-order valence-corrected chi connectivity index (χ3v) is 2.80. The molecule has 0 bridgehead atoms. The molecule has 2 N–H and O–H groups in total. The second kappa shape index (κ2) is 5.92. The Morgan fingerprint density at radius 1 is 1.27 bits per heavy atom. The van der Waals surface area contributed by atoms with E-state index in [2.05, 4.69) is 26.1 Å².